The molecule has 17 atom stereocenters. The molecule has 3 rings (SSSR count). The predicted octanol–water partition coefficient (Wildman–Crippen LogP) is 15.6. The Morgan fingerprint density at radius 2 is 0.633 bits per heavy atom. The van der Waals surface area contributed by atoms with E-state index in [0.717, 1.165) is 109 Å². The Labute approximate surface area is 658 Å². The summed E-state index contributed by atoms with van der Waals surface area (Å²) in [5, 5.41) is 121. The molecule has 12 N–H and O–H groups in total. The van der Waals surface area contributed by atoms with Crippen molar-refractivity contribution in [2.45, 2.75) is 401 Å². The molecule has 3 heterocycles. The molecule has 626 valence electrons. The summed E-state index contributed by atoms with van der Waals surface area (Å²) in [6.45, 7) is 1.68. The van der Waals surface area contributed by atoms with Gasteiger partial charge in [0, 0.05) is 6.42 Å². The highest BCUT2D eigenvalue weighted by Crippen LogP contribution is 2.33. The van der Waals surface area contributed by atoms with Crippen molar-refractivity contribution in [3.05, 3.63) is 134 Å². The maximum absolute atomic E-state index is 13.5. The predicted molar refractivity (Wildman–Crippen MR) is 438 cm³/mol. The van der Waals surface area contributed by atoms with Crippen molar-refractivity contribution in [3.8, 4) is 0 Å². The summed E-state index contributed by atoms with van der Waals surface area (Å²) in [4.78, 5) is 13.5. The standard InChI is InChI=1S/C90H153NO18/c1-3-5-7-9-11-13-15-17-19-21-23-25-27-29-31-32-33-34-35-36-37-38-39-40-42-44-46-48-50-52-54-56-58-60-62-64-66-68-78(96)91-73(74(95)67-65-63-61-59-57-55-53-51-49-47-45-43-41-30-28-26-24-22-20-18-16-14-12-10-8-6-4-2)72-104-88-84(102)81(99)86(76(70-93)106-88)109-90-85(103)82(100)87(77(71-94)107-90)108-89-83(101)80(98)79(97)75(69-92)105-89/h5,7,11,13,17,19,23,25,29,31,33-34,36-37,39-40,44,46,50,52,56,58,73-77,79-90,92-95,97-103H,3-4,6,8-10,12,14-16,18,20-22,24,26-28,30,32,35,38,41-43,45,47-49,51,53-55,57,59-72H2,1-2H3,(H,91,96)/b7-5-,13-11-,19-17-,25-23-,31-29-,34-33-,37-36-,40-39-,46-44-,52-50-,58-56-. The molecule has 3 fully saturated rings. The smallest absolute Gasteiger partial charge is 0.220 e. The van der Waals surface area contributed by atoms with Crippen molar-refractivity contribution in [2.24, 2.45) is 0 Å². The number of rotatable bonds is 67. The van der Waals surface area contributed by atoms with Crippen LogP contribution in [0, 0.1) is 0 Å². The number of allylic oxidation sites excluding steroid dienone is 22. The van der Waals surface area contributed by atoms with Crippen LogP contribution in [0.25, 0.3) is 0 Å². The van der Waals surface area contributed by atoms with Crippen LogP contribution < -0.4 is 5.32 Å². The molecule has 17 unspecified atom stereocenters. The van der Waals surface area contributed by atoms with Gasteiger partial charge in [-0.25, -0.2) is 0 Å². The Balaban J connectivity index is 1.37. The molecule has 19 heteroatoms. The lowest BCUT2D eigenvalue weighted by molar-refractivity contribution is -0.379. The number of aliphatic hydroxyl groups is 11. The molecule has 19 nitrogen and oxygen atoms in total. The van der Waals surface area contributed by atoms with Crippen LogP contribution in [-0.4, -0.2) is 193 Å². The summed E-state index contributed by atoms with van der Waals surface area (Å²) in [6.07, 6.45) is 71.1. The zero-order valence-electron chi connectivity index (χ0n) is 67.2. The molecule has 3 aliphatic heterocycles. The van der Waals surface area contributed by atoms with Gasteiger partial charge in [0.05, 0.1) is 38.6 Å². The first-order valence-corrected chi connectivity index (χ1v) is 42.9. The SMILES string of the molecule is CC/C=C\C/C=C\C/C=C\C/C=C\C/C=C\C/C=C\C/C=C\C/C=C\C/C=C\C/C=C\C/C=C\CCCCCC(=O)NC(COC1OC(CO)C(OC2OC(CO)C(OC3OC(CO)C(O)C(O)C3O)C(O)C2O)C(O)C1O)C(O)CCCCCCCCCCCCCCCCCCCCCCCCCCCCC. The average Bonchev–Trinajstić information content (AvgIpc) is 0.760. The number of aliphatic hydroxyl groups excluding tert-OH is 11. The molecule has 0 aromatic rings. The normalized spacial score (nSPS) is 26.0. The Morgan fingerprint density at radius 1 is 0.339 bits per heavy atom. The Morgan fingerprint density at radius 3 is 0.982 bits per heavy atom. The quantitative estimate of drug-likeness (QED) is 0.0199. The van der Waals surface area contributed by atoms with Gasteiger partial charge >= 0.3 is 0 Å². The summed E-state index contributed by atoms with van der Waals surface area (Å²) in [5.41, 5.74) is 0. The van der Waals surface area contributed by atoms with Gasteiger partial charge < -0.3 is 89.9 Å². The van der Waals surface area contributed by atoms with Crippen molar-refractivity contribution in [1.82, 2.24) is 5.32 Å². The van der Waals surface area contributed by atoms with Crippen LogP contribution in [0.2, 0.25) is 0 Å². The van der Waals surface area contributed by atoms with Crippen LogP contribution in [0.5, 0.6) is 0 Å². The Kier molecular flexibility index (Phi) is 62.2. The number of carbonyl (C=O) groups is 1. The lowest BCUT2D eigenvalue weighted by Gasteiger charge is -2.48. The molecule has 0 bridgehead atoms. The van der Waals surface area contributed by atoms with Gasteiger partial charge in [0.25, 0.3) is 0 Å². The zero-order chi connectivity index (χ0) is 78.8. The van der Waals surface area contributed by atoms with Crippen molar-refractivity contribution in [1.29, 1.82) is 0 Å². The minimum Gasteiger partial charge on any atom is -0.394 e. The van der Waals surface area contributed by atoms with Gasteiger partial charge in [0.1, 0.15) is 73.2 Å². The third kappa shape index (κ3) is 47.4. The maximum atomic E-state index is 13.5. The lowest BCUT2D eigenvalue weighted by Crippen LogP contribution is -2.66. The van der Waals surface area contributed by atoms with Gasteiger partial charge in [-0.3, -0.25) is 4.79 Å². The third-order valence-corrected chi connectivity index (χ3v) is 20.5. The van der Waals surface area contributed by atoms with E-state index in [1.165, 1.54) is 148 Å². The van der Waals surface area contributed by atoms with E-state index in [4.69, 9.17) is 28.4 Å². The van der Waals surface area contributed by atoms with E-state index in [1.807, 2.05) is 0 Å². The molecule has 3 saturated heterocycles. The van der Waals surface area contributed by atoms with Gasteiger partial charge in [0.2, 0.25) is 5.91 Å². The fourth-order valence-corrected chi connectivity index (χ4v) is 13.7. The topological polar surface area (TPSA) is 307 Å². The molecular weight excluding hydrogens is 1380 g/mol. The highest BCUT2D eigenvalue weighted by atomic mass is 16.8. The first kappa shape index (κ1) is 99.1. The van der Waals surface area contributed by atoms with Crippen molar-refractivity contribution >= 4 is 5.91 Å². The number of hydrogen-bond donors (Lipinski definition) is 12. The molecule has 1 amide bonds. The largest absolute Gasteiger partial charge is 0.394 e. The molecule has 0 radical (unpaired) electrons. The number of hydrogen-bond acceptors (Lipinski definition) is 18. The van der Waals surface area contributed by atoms with E-state index >= 15 is 0 Å². The molecule has 0 aliphatic carbocycles. The Bertz CT molecular complexity index is 2490. The highest BCUT2D eigenvalue weighted by molar-refractivity contribution is 5.76. The Hall–Kier alpha value is -4.07. The van der Waals surface area contributed by atoms with Crippen molar-refractivity contribution < 1.29 is 89.4 Å². The number of nitrogens with one attached hydrogen (secondary N) is 1. The molecule has 109 heavy (non-hydrogen) atoms. The van der Waals surface area contributed by atoms with E-state index in [0.29, 0.717) is 19.3 Å². The second-order valence-electron chi connectivity index (χ2n) is 29.9. The van der Waals surface area contributed by atoms with Gasteiger partial charge in [0.15, 0.2) is 18.9 Å². The summed E-state index contributed by atoms with van der Waals surface area (Å²) in [7, 11) is 0. The monoisotopic (exact) mass is 1540 g/mol. The van der Waals surface area contributed by atoms with Crippen LogP contribution in [0.3, 0.4) is 0 Å². The van der Waals surface area contributed by atoms with Crippen LogP contribution in [0.1, 0.15) is 296 Å². The summed E-state index contributed by atoms with van der Waals surface area (Å²) in [6, 6.07) is -0.918. The zero-order valence-corrected chi connectivity index (χ0v) is 67.2. The van der Waals surface area contributed by atoms with E-state index in [9.17, 15) is 61.0 Å². The number of carbonyl (C=O) groups excluding carboxylic acids is 1. The van der Waals surface area contributed by atoms with Gasteiger partial charge in [-0.15, -0.1) is 0 Å². The van der Waals surface area contributed by atoms with E-state index < -0.39 is 124 Å². The van der Waals surface area contributed by atoms with Gasteiger partial charge in [-0.2, -0.15) is 0 Å². The van der Waals surface area contributed by atoms with Crippen molar-refractivity contribution in [3.63, 3.8) is 0 Å². The summed E-state index contributed by atoms with van der Waals surface area (Å²) < 4.78 is 34.5. The third-order valence-electron chi connectivity index (χ3n) is 20.5. The number of unbranched alkanes of at least 4 members (excludes halogenated alkanes) is 29. The van der Waals surface area contributed by atoms with E-state index in [-0.39, 0.29) is 18.9 Å². The molecule has 3 aliphatic rings. The highest BCUT2D eigenvalue weighted by Gasteiger charge is 2.54. The first-order chi connectivity index (χ1) is 53.3. The molecule has 0 spiro atoms. The van der Waals surface area contributed by atoms with Gasteiger partial charge in [-0.1, -0.05) is 327 Å². The van der Waals surface area contributed by atoms with Crippen LogP contribution in [0.4, 0.5) is 0 Å². The van der Waals surface area contributed by atoms with Crippen LogP contribution in [0.15, 0.2) is 134 Å². The van der Waals surface area contributed by atoms with Crippen LogP contribution >= 0.6 is 0 Å². The van der Waals surface area contributed by atoms with E-state index in [1.54, 1.807) is 0 Å². The minimum atomic E-state index is -1.98. The van der Waals surface area contributed by atoms with Gasteiger partial charge in [-0.05, 0) is 96.3 Å². The van der Waals surface area contributed by atoms with Crippen LogP contribution in [-0.2, 0) is 33.2 Å². The minimum absolute atomic E-state index is 0.218. The van der Waals surface area contributed by atoms with Crippen molar-refractivity contribution in [2.75, 3.05) is 26.4 Å². The maximum Gasteiger partial charge on any atom is 0.220 e. The molecular formula is C90H153NO18. The average molecular weight is 1540 g/mol. The lowest BCUT2D eigenvalue weighted by atomic mass is 9.96. The number of ether oxygens (including phenoxy) is 6. The second-order valence-corrected chi connectivity index (χ2v) is 29.9. The molecule has 0 aromatic carbocycles. The van der Waals surface area contributed by atoms with E-state index in [2.05, 4.69) is 153 Å². The fourth-order valence-electron chi connectivity index (χ4n) is 13.7. The first-order valence-electron chi connectivity index (χ1n) is 42.9. The fraction of sp³-hybridized carbons (Fsp3) is 0.744. The number of amides is 1. The summed E-state index contributed by atoms with van der Waals surface area (Å²) in [5.74, 6) is -0.277. The second kappa shape index (κ2) is 68.3. The summed E-state index contributed by atoms with van der Waals surface area (Å²) >= 11 is 0. The molecule has 0 aromatic heterocycles. The molecule has 0 saturated carbocycles.